The van der Waals surface area contributed by atoms with E-state index in [1.54, 1.807) is 12.1 Å². The molecule has 3 nitrogen and oxygen atoms in total. The maximum absolute atomic E-state index is 13.1. The normalized spacial score (nSPS) is 10.8. The van der Waals surface area contributed by atoms with Gasteiger partial charge in [-0.05, 0) is 54.8 Å². The predicted molar refractivity (Wildman–Crippen MR) is 81.2 cm³/mol. The number of aryl methyl sites for hydroxylation is 2. The summed E-state index contributed by atoms with van der Waals surface area (Å²) in [5, 5.41) is 4.02. The Balaban J connectivity index is 2.16. The molecule has 0 amide bonds. The molecule has 0 saturated heterocycles. The Kier molecular flexibility index (Phi) is 3.22. The van der Waals surface area contributed by atoms with Crippen LogP contribution >= 0.6 is 0 Å². The highest BCUT2D eigenvalue weighted by atomic mass is 19.1. The summed E-state index contributed by atoms with van der Waals surface area (Å²) in [5.41, 5.74) is 11.4. The molecule has 106 valence electrons. The lowest BCUT2D eigenvalue weighted by Crippen LogP contribution is -1.90. The van der Waals surface area contributed by atoms with Gasteiger partial charge in [0.05, 0.1) is 5.56 Å². The molecule has 3 rings (SSSR count). The Hall–Kier alpha value is -2.62. The number of nitrogens with two attached hydrogens (primary N) is 1. The second-order valence-corrected chi connectivity index (χ2v) is 5.08. The van der Waals surface area contributed by atoms with Gasteiger partial charge in [-0.25, -0.2) is 4.39 Å². The van der Waals surface area contributed by atoms with Gasteiger partial charge in [0.25, 0.3) is 0 Å². The molecule has 0 aliphatic heterocycles. The van der Waals surface area contributed by atoms with E-state index < -0.39 is 0 Å². The van der Waals surface area contributed by atoms with Crippen molar-refractivity contribution in [2.75, 3.05) is 5.73 Å². The Labute approximate surface area is 122 Å². The molecular weight excluding hydrogens is 267 g/mol. The smallest absolute Gasteiger partial charge is 0.230 e. The number of aromatic nitrogens is 1. The monoisotopic (exact) mass is 282 g/mol. The van der Waals surface area contributed by atoms with Crippen LogP contribution in [0.3, 0.4) is 0 Å². The highest BCUT2D eigenvalue weighted by Gasteiger charge is 2.17. The maximum atomic E-state index is 13.1. The highest BCUT2D eigenvalue weighted by molar-refractivity contribution is 5.87. The van der Waals surface area contributed by atoms with Crippen molar-refractivity contribution in [3.63, 3.8) is 0 Å². The van der Waals surface area contributed by atoms with Crippen LogP contribution in [0.4, 0.5) is 10.3 Å². The summed E-state index contributed by atoms with van der Waals surface area (Å²) in [6, 6.07) is 12.2. The molecule has 1 aromatic heterocycles. The summed E-state index contributed by atoms with van der Waals surface area (Å²) in [6.07, 6.45) is 0. The first-order valence-electron chi connectivity index (χ1n) is 6.65. The van der Waals surface area contributed by atoms with Crippen LogP contribution in [-0.2, 0) is 0 Å². The number of hydrogen-bond donors (Lipinski definition) is 1. The van der Waals surface area contributed by atoms with E-state index in [0.717, 1.165) is 22.3 Å². The number of benzene rings is 2. The van der Waals surface area contributed by atoms with Crippen LogP contribution < -0.4 is 5.73 Å². The van der Waals surface area contributed by atoms with E-state index in [0.29, 0.717) is 5.69 Å². The summed E-state index contributed by atoms with van der Waals surface area (Å²) in [6.45, 7) is 4.09. The standard InChI is InChI=1S/C17H15FN2O/c1-10-3-4-13(9-11(10)2)15-16(20-21-17(15)19)12-5-7-14(18)8-6-12/h3-9H,19H2,1-2H3. The van der Waals surface area contributed by atoms with Gasteiger partial charge in [-0.15, -0.1) is 0 Å². The molecular formula is C17H15FN2O. The number of hydrogen-bond acceptors (Lipinski definition) is 3. The van der Waals surface area contributed by atoms with Crippen molar-refractivity contribution in [2.45, 2.75) is 13.8 Å². The second-order valence-electron chi connectivity index (χ2n) is 5.08. The fourth-order valence-corrected chi connectivity index (χ4v) is 2.28. The van der Waals surface area contributed by atoms with Crippen LogP contribution in [0.15, 0.2) is 47.0 Å². The van der Waals surface area contributed by atoms with E-state index >= 15 is 0 Å². The summed E-state index contributed by atoms with van der Waals surface area (Å²) in [4.78, 5) is 0. The van der Waals surface area contributed by atoms with Crippen molar-refractivity contribution in [3.8, 4) is 22.4 Å². The van der Waals surface area contributed by atoms with Gasteiger partial charge in [-0.3, -0.25) is 0 Å². The Morgan fingerprint density at radius 3 is 2.29 bits per heavy atom. The molecule has 0 unspecified atom stereocenters. The van der Waals surface area contributed by atoms with Gasteiger partial charge in [-0.2, -0.15) is 0 Å². The number of rotatable bonds is 2. The van der Waals surface area contributed by atoms with Crippen molar-refractivity contribution < 1.29 is 8.91 Å². The number of anilines is 1. The third-order valence-electron chi connectivity index (χ3n) is 3.63. The van der Waals surface area contributed by atoms with Crippen LogP contribution in [0, 0.1) is 19.7 Å². The van der Waals surface area contributed by atoms with Gasteiger partial charge in [-0.1, -0.05) is 23.4 Å². The summed E-state index contributed by atoms with van der Waals surface area (Å²) in [5.74, 6) is -0.0273. The highest BCUT2D eigenvalue weighted by Crippen LogP contribution is 2.36. The quantitative estimate of drug-likeness (QED) is 0.760. The molecule has 4 heteroatoms. The molecule has 0 fully saturated rings. The van der Waals surface area contributed by atoms with Crippen LogP contribution in [-0.4, -0.2) is 5.16 Å². The zero-order valence-corrected chi connectivity index (χ0v) is 11.9. The van der Waals surface area contributed by atoms with E-state index in [4.69, 9.17) is 10.3 Å². The Morgan fingerprint density at radius 1 is 0.952 bits per heavy atom. The zero-order valence-electron chi connectivity index (χ0n) is 11.9. The van der Waals surface area contributed by atoms with E-state index in [1.165, 1.54) is 17.7 Å². The first-order chi connectivity index (χ1) is 10.1. The lowest BCUT2D eigenvalue weighted by molar-refractivity contribution is 0.439. The van der Waals surface area contributed by atoms with Gasteiger partial charge in [0.1, 0.15) is 11.5 Å². The SMILES string of the molecule is Cc1ccc(-c2c(-c3ccc(F)cc3)noc2N)cc1C. The molecule has 0 spiro atoms. The molecule has 0 bridgehead atoms. The summed E-state index contributed by atoms with van der Waals surface area (Å²) < 4.78 is 18.2. The average Bonchev–Trinajstić information content (AvgIpc) is 2.85. The zero-order chi connectivity index (χ0) is 15.0. The Morgan fingerprint density at radius 2 is 1.62 bits per heavy atom. The maximum Gasteiger partial charge on any atom is 0.230 e. The van der Waals surface area contributed by atoms with Crippen LogP contribution in [0.5, 0.6) is 0 Å². The van der Waals surface area contributed by atoms with Crippen molar-refractivity contribution in [1.82, 2.24) is 5.16 Å². The van der Waals surface area contributed by atoms with Crippen molar-refractivity contribution in [1.29, 1.82) is 0 Å². The minimum atomic E-state index is -0.289. The fourth-order valence-electron chi connectivity index (χ4n) is 2.28. The molecule has 2 N–H and O–H groups in total. The minimum Gasteiger partial charge on any atom is -0.367 e. The van der Waals surface area contributed by atoms with Gasteiger partial charge in [0, 0.05) is 5.56 Å². The second kappa shape index (κ2) is 5.05. The van der Waals surface area contributed by atoms with E-state index in [1.807, 2.05) is 25.1 Å². The number of nitrogens with zero attached hydrogens (tertiary/aromatic N) is 1. The molecule has 0 aliphatic carbocycles. The summed E-state index contributed by atoms with van der Waals surface area (Å²) in [7, 11) is 0. The average molecular weight is 282 g/mol. The van der Waals surface area contributed by atoms with Gasteiger partial charge in [0.2, 0.25) is 5.88 Å². The molecule has 0 atom stereocenters. The predicted octanol–water partition coefficient (Wildman–Crippen LogP) is 4.35. The van der Waals surface area contributed by atoms with Crippen molar-refractivity contribution in [2.24, 2.45) is 0 Å². The molecule has 0 saturated carbocycles. The largest absolute Gasteiger partial charge is 0.367 e. The summed E-state index contributed by atoms with van der Waals surface area (Å²) >= 11 is 0. The topological polar surface area (TPSA) is 52.0 Å². The first-order valence-corrected chi connectivity index (χ1v) is 6.65. The molecule has 0 radical (unpaired) electrons. The lowest BCUT2D eigenvalue weighted by atomic mass is 9.98. The van der Waals surface area contributed by atoms with E-state index in [2.05, 4.69) is 12.1 Å². The van der Waals surface area contributed by atoms with Gasteiger partial charge < -0.3 is 10.3 Å². The first kappa shape index (κ1) is 13.4. The number of nitrogen functional groups attached to an aromatic ring is 1. The molecule has 3 aromatic rings. The van der Waals surface area contributed by atoms with Crippen molar-refractivity contribution >= 4 is 5.88 Å². The van der Waals surface area contributed by atoms with Crippen LogP contribution in [0.25, 0.3) is 22.4 Å². The molecule has 2 aromatic carbocycles. The van der Waals surface area contributed by atoms with Crippen LogP contribution in [0.2, 0.25) is 0 Å². The van der Waals surface area contributed by atoms with Crippen molar-refractivity contribution in [3.05, 3.63) is 59.4 Å². The lowest BCUT2D eigenvalue weighted by Gasteiger charge is -2.06. The third-order valence-corrected chi connectivity index (χ3v) is 3.63. The molecule has 0 aliphatic rings. The Bertz CT molecular complexity index is 791. The van der Waals surface area contributed by atoms with Crippen LogP contribution in [0.1, 0.15) is 11.1 Å². The minimum absolute atomic E-state index is 0.262. The van der Waals surface area contributed by atoms with Gasteiger partial charge >= 0.3 is 0 Å². The van der Waals surface area contributed by atoms with Gasteiger partial charge in [0.15, 0.2) is 0 Å². The van der Waals surface area contributed by atoms with E-state index in [-0.39, 0.29) is 11.7 Å². The molecule has 21 heavy (non-hydrogen) atoms. The number of halogens is 1. The fraction of sp³-hybridized carbons (Fsp3) is 0.118. The van der Waals surface area contributed by atoms with E-state index in [9.17, 15) is 4.39 Å². The third kappa shape index (κ3) is 2.40. The molecule has 1 heterocycles.